The van der Waals surface area contributed by atoms with Gasteiger partial charge in [0.1, 0.15) is 11.9 Å². The average Bonchev–Trinajstić information content (AvgIpc) is 2.53. The Morgan fingerprint density at radius 1 is 1.19 bits per heavy atom. The van der Waals surface area contributed by atoms with Crippen LogP contribution in [-0.2, 0) is 0 Å². The maximum absolute atomic E-state index is 11.2. The first-order valence-electron chi connectivity index (χ1n) is 6.55. The number of hydrogen-bond donors (Lipinski definition) is 1. The number of hydrogen-bond acceptors (Lipinski definition) is 4. The molecule has 0 saturated carbocycles. The molecule has 0 aliphatic carbocycles. The lowest BCUT2D eigenvalue weighted by atomic mass is 10.0. The zero-order chi connectivity index (χ0) is 14.7. The quantitative estimate of drug-likeness (QED) is 0.692. The van der Waals surface area contributed by atoms with E-state index in [1.54, 1.807) is 30.5 Å². The normalized spacial score (nSPS) is 17.0. The number of fused-ring (bicyclic) bond motifs is 1. The van der Waals surface area contributed by atoms with Crippen molar-refractivity contribution in [1.29, 1.82) is 0 Å². The van der Waals surface area contributed by atoms with Crippen LogP contribution in [0.5, 0.6) is 0 Å². The first-order chi connectivity index (χ1) is 10.2. The lowest BCUT2D eigenvalue weighted by Gasteiger charge is -2.19. The number of anilines is 1. The van der Waals surface area contributed by atoms with Gasteiger partial charge in [0.05, 0.1) is 4.92 Å². The molecule has 1 unspecified atom stereocenters. The summed E-state index contributed by atoms with van der Waals surface area (Å²) in [4.78, 5) is 15.1. The Hall–Kier alpha value is -2.95. The van der Waals surface area contributed by atoms with E-state index in [2.05, 4.69) is 10.3 Å². The predicted molar refractivity (Wildman–Crippen MR) is 82.1 cm³/mol. The monoisotopic (exact) mass is 279 g/mol. The van der Waals surface area contributed by atoms with E-state index in [0.717, 1.165) is 11.1 Å². The molecular weight excluding hydrogens is 266 g/mol. The van der Waals surface area contributed by atoms with Gasteiger partial charge in [-0.25, -0.2) is 4.98 Å². The van der Waals surface area contributed by atoms with Crippen LogP contribution in [-0.4, -0.2) is 15.9 Å². The minimum absolute atomic E-state index is 0.114. The van der Waals surface area contributed by atoms with Gasteiger partial charge in [-0.2, -0.15) is 0 Å². The smallest absolute Gasteiger partial charge is 0.272 e. The lowest BCUT2D eigenvalue weighted by Crippen LogP contribution is -2.27. The van der Waals surface area contributed by atoms with Gasteiger partial charge in [0.25, 0.3) is 5.70 Å². The molecule has 1 N–H and O–H groups in total. The fourth-order valence-electron chi connectivity index (χ4n) is 2.21. The Balaban J connectivity index is 1.92. The number of aromatic nitrogens is 1. The fraction of sp³-hybridized carbons (Fsp3) is 0.0625. The Morgan fingerprint density at radius 3 is 2.76 bits per heavy atom. The van der Waals surface area contributed by atoms with Crippen LogP contribution in [0.2, 0.25) is 0 Å². The molecule has 2 heterocycles. The van der Waals surface area contributed by atoms with Crippen molar-refractivity contribution in [2.75, 3.05) is 5.32 Å². The van der Waals surface area contributed by atoms with Crippen molar-refractivity contribution in [2.45, 2.75) is 6.04 Å². The molecule has 1 aromatic heterocycles. The SMILES string of the molecule is O=[N+]([O-])C1=Cc2cccnc2NC1/C=C/c1ccccc1. The van der Waals surface area contributed by atoms with Gasteiger partial charge in [-0.05, 0) is 17.7 Å². The molecule has 5 nitrogen and oxygen atoms in total. The van der Waals surface area contributed by atoms with Crippen LogP contribution >= 0.6 is 0 Å². The van der Waals surface area contributed by atoms with E-state index in [4.69, 9.17) is 0 Å². The molecule has 3 rings (SSSR count). The van der Waals surface area contributed by atoms with Crippen molar-refractivity contribution < 1.29 is 4.92 Å². The molecule has 1 aliphatic heterocycles. The number of nitro groups is 1. The molecule has 0 saturated heterocycles. The first kappa shape index (κ1) is 13.1. The van der Waals surface area contributed by atoms with E-state index in [9.17, 15) is 10.1 Å². The van der Waals surface area contributed by atoms with Gasteiger partial charge >= 0.3 is 0 Å². The van der Waals surface area contributed by atoms with E-state index in [1.807, 2.05) is 36.4 Å². The van der Waals surface area contributed by atoms with E-state index < -0.39 is 6.04 Å². The summed E-state index contributed by atoms with van der Waals surface area (Å²) >= 11 is 0. The van der Waals surface area contributed by atoms with E-state index in [1.165, 1.54) is 0 Å². The summed E-state index contributed by atoms with van der Waals surface area (Å²) in [6.45, 7) is 0. The molecule has 0 radical (unpaired) electrons. The van der Waals surface area contributed by atoms with Crippen molar-refractivity contribution >= 4 is 18.0 Å². The summed E-state index contributed by atoms with van der Waals surface area (Å²) in [6, 6.07) is 12.7. The summed E-state index contributed by atoms with van der Waals surface area (Å²) in [5.41, 5.74) is 1.84. The van der Waals surface area contributed by atoms with Gasteiger partial charge in [-0.3, -0.25) is 10.1 Å². The molecule has 0 spiro atoms. The largest absolute Gasteiger partial charge is 0.354 e. The third-order valence-electron chi connectivity index (χ3n) is 3.24. The molecule has 0 bridgehead atoms. The number of nitrogens with one attached hydrogen (secondary N) is 1. The average molecular weight is 279 g/mol. The molecule has 21 heavy (non-hydrogen) atoms. The van der Waals surface area contributed by atoms with Gasteiger partial charge < -0.3 is 5.32 Å². The number of rotatable bonds is 3. The highest BCUT2D eigenvalue weighted by molar-refractivity contribution is 5.70. The van der Waals surface area contributed by atoms with E-state index >= 15 is 0 Å². The van der Waals surface area contributed by atoms with Crippen LogP contribution in [0.4, 0.5) is 5.82 Å². The predicted octanol–water partition coefficient (Wildman–Crippen LogP) is 3.21. The minimum atomic E-state index is -0.498. The first-order valence-corrected chi connectivity index (χ1v) is 6.55. The van der Waals surface area contributed by atoms with Crippen LogP contribution in [0.3, 0.4) is 0 Å². The molecule has 5 heteroatoms. The standard InChI is InChI=1S/C16H13N3O2/c20-19(21)15-11-13-7-4-10-17-16(13)18-14(15)9-8-12-5-2-1-3-6-12/h1-11,14H,(H,17,18)/b9-8+. The molecule has 0 fully saturated rings. The zero-order valence-electron chi connectivity index (χ0n) is 11.1. The molecule has 104 valence electrons. The Kier molecular flexibility index (Phi) is 3.47. The van der Waals surface area contributed by atoms with Crippen molar-refractivity contribution in [1.82, 2.24) is 4.98 Å². The summed E-state index contributed by atoms with van der Waals surface area (Å²) in [5, 5.41) is 14.3. The summed E-state index contributed by atoms with van der Waals surface area (Å²) in [7, 11) is 0. The maximum atomic E-state index is 11.2. The minimum Gasteiger partial charge on any atom is -0.354 e. The molecule has 1 atom stereocenters. The Labute approximate surface area is 121 Å². The van der Waals surface area contributed by atoms with Crippen LogP contribution in [0.15, 0.2) is 60.4 Å². The van der Waals surface area contributed by atoms with Crippen molar-refractivity contribution in [3.63, 3.8) is 0 Å². The van der Waals surface area contributed by atoms with Gasteiger partial charge in [0.2, 0.25) is 0 Å². The molecule has 2 aromatic rings. The number of nitrogens with zero attached hydrogens (tertiary/aromatic N) is 2. The number of benzene rings is 1. The van der Waals surface area contributed by atoms with Crippen molar-refractivity contribution in [3.05, 3.63) is 81.7 Å². The zero-order valence-corrected chi connectivity index (χ0v) is 11.1. The lowest BCUT2D eigenvalue weighted by molar-refractivity contribution is -0.426. The maximum Gasteiger partial charge on any atom is 0.272 e. The van der Waals surface area contributed by atoms with Crippen molar-refractivity contribution in [2.24, 2.45) is 0 Å². The van der Waals surface area contributed by atoms with Crippen LogP contribution < -0.4 is 5.32 Å². The highest BCUT2D eigenvalue weighted by atomic mass is 16.6. The Morgan fingerprint density at radius 2 is 2.00 bits per heavy atom. The van der Waals surface area contributed by atoms with Gasteiger partial charge in [-0.1, -0.05) is 42.5 Å². The van der Waals surface area contributed by atoms with E-state index in [-0.39, 0.29) is 10.6 Å². The van der Waals surface area contributed by atoms with Crippen molar-refractivity contribution in [3.8, 4) is 0 Å². The highest BCUT2D eigenvalue weighted by Crippen LogP contribution is 2.26. The third kappa shape index (κ3) is 2.81. The molecule has 1 aliphatic rings. The second-order valence-corrected chi connectivity index (χ2v) is 4.66. The van der Waals surface area contributed by atoms with Gasteiger partial charge in [-0.15, -0.1) is 0 Å². The number of pyridine rings is 1. The van der Waals surface area contributed by atoms with Crippen LogP contribution in [0, 0.1) is 10.1 Å². The summed E-state index contributed by atoms with van der Waals surface area (Å²) < 4.78 is 0. The molecule has 0 amide bonds. The molecule has 1 aromatic carbocycles. The van der Waals surface area contributed by atoms with Gasteiger partial charge in [0.15, 0.2) is 0 Å². The highest BCUT2D eigenvalue weighted by Gasteiger charge is 2.27. The van der Waals surface area contributed by atoms with Crippen LogP contribution in [0.25, 0.3) is 12.2 Å². The second kappa shape index (κ2) is 5.58. The third-order valence-corrected chi connectivity index (χ3v) is 3.24. The second-order valence-electron chi connectivity index (χ2n) is 4.66. The van der Waals surface area contributed by atoms with Crippen LogP contribution in [0.1, 0.15) is 11.1 Å². The fourth-order valence-corrected chi connectivity index (χ4v) is 2.21. The van der Waals surface area contributed by atoms with Gasteiger partial charge in [0, 0.05) is 17.8 Å². The summed E-state index contributed by atoms with van der Waals surface area (Å²) in [6.07, 6.45) is 6.87. The molecular formula is C16H13N3O2. The topological polar surface area (TPSA) is 68.1 Å². The summed E-state index contributed by atoms with van der Waals surface area (Å²) in [5.74, 6) is 0.658. The Bertz CT molecular complexity index is 723. The van der Waals surface area contributed by atoms with E-state index in [0.29, 0.717) is 5.82 Å².